The van der Waals surface area contributed by atoms with Gasteiger partial charge in [0.2, 0.25) is 0 Å². The first-order valence-electron chi connectivity index (χ1n) is 5.11. The van der Waals surface area contributed by atoms with E-state index in [1.165, 1.54) is 30.7 Å². The van der Waals surface area contributed by atoms with E-state index in [-0.39, 0.29) is 11.6 Å². The Morgan fingerprint density at radius 2 is 2.47 bits per heavy atom. The van der Waals surface area contributed by atoms with Crippen molar-refractivity contribution in [2.45, 2.75) is 31.0 Å². The highest BCUT2D eigenvalue weighted by molar-refractivity contribution is 7.99. The Kier molecular flexibility index (Phi) is 3.11. The zero-order valence-electron chi connectivity index (χ0n) is 8.69. The maximum absolute atomic E-state index is 11.2. The molecule has 0 aliphatic heterocycles. The van der Waals surface area contributed by atoms with Crippen LogP contribution in [0.3, 0.4) is 0 Å². The molecular weight excluding hydrogens is 210 g/mol. The zero-order valence-corrected chi connectivity index (χ0v) is 9.51. The van der Waals surface area contributed by atoms with E-state index in [4.69, 9.17) is 5.73 Å². The van der Waals surface area contributed by atoms with Gasteiger partial charge in [0, 0.05) is 23.6 Å². The van der Waals surface area contributed by atoms with Crippen LogP contribution in [0.25, 0.3) is 0 Å². The average Bonchev–Trinajstić information content (AvgIpc) is 2.95. The standard InChI is InChI=1S/C10H15N3OS/c1-6-4-9(14)13-10(12-6)15-5-8(11)7-2-3-7/h4,7-8H,2-3,5,11H2,1H3,(H,12,13,14). The summed E-state index contributed by atoms with van der Waals surface area (Å²) in [5.41, 5.74) is 6.62. The van der Waals surface area contributed by atoms with Crippen LogP contribution >= 0.6 is 11.8 Å². The molecule has 0 spiro atoms. The molecule has 3 N–H and O–H groups in total. The third-order valence-corrected chi connectivity index (χ3v) is 3.51. The van der Waals surface area contributed by atoms with Crippen LogP contribution in [-0.2, 0) is 0 Å². The molecule has 4 nitrogen and oxygen atoms in total. The lowest BCUT2D eigenvalue weighted by Gasteiger charge is -2.08. The maximum Gasteiger partial charge on any atom is 0.251 e. The molecule has 2 rings (SSSR count). The van der Waals surface area contributed by atoms with Crippen LogP contribution in [0.15, 0.2) is 16.0 Å². The van der Waals surface area contributed by atoms with E-state index in [1.807, 2.05) is 6.92 Å². The Morgan fingerprint density at radius 3 is 3.07 bits per heavy atom. The molecular formula is C10H15N3OS. The Bertz CT molecular complexity index is 400. The summed E-state index contributed by atoms with van der Waals surface area (Å²) in [6, 6.07) is 1.73. The number of nitrogens with two attached hydrogens (primary N) is 1. The van der Waals surface area contributed by atoms with Gasteiger partial charge in [-0.25, -0.2) is 4.98 Å². The highest BCUT2D eigenvalue weighted by atomic mass is 32.2. The molecule has 1 saturated carbocycles. The molecule has 0 radical (unpaired) electrons. The van der Waals surface area contributed by atoms with Crippen LogP contribution in [0.1, 0.15) is 18.5 Å². The lowest BCUT2D eigenvalue weighted by atomic mass is 10.2. The summed E-state index contributed by atoms with van der Waals surface area (Å²) in [5.74, 6) is 1.52. The lowest BCUT2D eigenvalue weighted by molar-refractivity contribution is 0.658. The van der Waals surface area contributed by atoms with E-state index in [0.717, 1.165) is 11.4 Å². The number of aromatic nitrogens is 2. The van der Waals surface area contributed by atoms with Gasteiger partial charge in [-0.2, -0.15) is 0 Å². The maximum atomic E-state index is 11.2. The van der Waals surface area contributed by atoms with E-state index >= 15 is 0 Å². The largest absolute Gasteiger partial charge is 0.327 e. The van der Waals surface area contributed by atoms with Crippen molar-refractivity contribution in [2.75, 3.05) is 5.75 Å². The van der Waals surface area contributed by atoms with Gasteiger partial charge in [-0.3, -0.25) is 4.79 Å². The summed E-state index contributed by atoms with van der Waals surface area (Å²) >= 11 is 1.53. The smallest absolute Gasteiger partial charge is 0.251 e. The fraction of sp³-hybridized carbons (Fsp3) is 0.600. The van der Waals surface area contributed by atoms with Crippen LogP contribution in [-0.4, -0.2) is 21.8 Å². The second-order valence-corrected chi connectivity index (χ2v) is 5.01. The van der Waals surface area contributed by atoms with Crippen LogP contribution in [0.2, 0.25) is 0 Å². The number of aryl methyl sites for hydroxylation is 1. The summed E-state index contributed by atoms with van der Waals surface area (Å²) in [5, 5.41) is 0.677. The predicted molar refractivity (Wildman–Crippen MR) is 61.0 cm³/mol. The van der Waals surface area contributed by atoms with Crippen LogP contribution < -0.4 is 11.3 Å². The van der Waals surface area contributed by atoms with Crippen LogP contribution in [0, 0.1) is 12.8 Å². The molecule has 0 bridgehead atoms. The summed E-state index contributed by atoms with van der Waals surface area (Å²) < 4.78 is 0. The number of H-pyrrole nitrogens is 1. The van der Waals surface area contributed by atoms with E-state index in [9.17, 15) is 4.79 Å². The fourth-order valence-corrected chi connectivity index (χ4v) is 2.46. The van der Waals surface area contributed by atoms with Gasteiger partial charge in [0.15, 0.2) is 5.16 Å². The molecule has 15 heavy (non-hydrogen) atoms. The van der Waals surface area contributed by atoms with Crippen molar-refractivity contribution in [3.63, 3.8) is 0 Å². The number of rotatable bonds is 4. The quantitative estimate of drug-likeness (QED) is 0.590. The molecule has 0 aromatic carbocycles. The van der Waals surface area contributed by atoms with Crippen molar-refractivity contribution in [3.8, 4) is 0 Å². The molecule has 1 fully saturated rings. The molecule has 1 aliphatic carbocycles. The minimum Gasteiger partial charge on any atom is -0.327 e. The molecule has 0 amide bonds. The van der Waals surface area contributed by atoms with Gasteiger partial charge in [0.25, 0.3) is 5.56 Å². The van der Waals surface area contributed by atoms with Crippen molar-refractivity contribution < 1.29 is 0 Å². The molecule has 82 valence electrons. The molecule has 1 aromatic rings. The first kappa shape index (κ1) is 10.7. The van der Waals surface area contributed by atoms with E-state index in [0.29, 0.717) is 11.1 Å². The Morgan fingerprint density at radius 1 is 1.73 bits per heavy atom. The zero-order chi connectivity index (χ0) is 10.8. The molecule has 1 heterocycles. The summed E-state index contributed by atoms with van der Waals surface area (Å²) in [6.07, 6.45) is 2.50. The number of nitrogens with zero attached hydrogens (tertiary/aromatic N) is 1. The lowest BCUT2D eigenvalue weighted by Crippen LogP contribution is -2.25. The van der Waals surface area contributed by atoms with Crippen LogP contribution in [0.4, 0.5) is 0 Å². The Hall–Kier alpha value is -0.810. The summed E-state index contributed by atoms with van der Waals surface area (Å²) in [7, 11) is 0. The van der Waals surface area contributed by atoms with Gasteiger partial charge < -0.3 is 10.7 Å². The SMILES string of the molecule is Cc1cc(=O)[nH]c(SCC(N)C2CC2)n1. The highest BCUT2D eigenvalue weighted by Gasteiger charge is 2.28. The Labute approximate surface area is 92.7 Å². The van der Waals surface area contributed by atoms with E-state index in [1.54, 1.807) is 0 Å². The second-order valence-electron chi connectivity index (χ2n) is 4.00. The van der Waals surface area contributed by atoms with Gasteiger partial charge in [0.05, 0.1) is 0 Å². The van der Waals surface area contributed by atoms with Gasteiger partial charge >= 0.3 is 0 Å². The first-order valence-corrected chi connectivity index (χ1v) is 6.10. The molecule has 1 aliphatic rings. The molecule has 0 saturated heterocycles. The van der Waals surface area contributed by atoms with Gasteiger partial charge in [-0.05, 0) is 25.7 Å². The summed E-state index contributed by atoms with van der Waals surface area (Å²) in [4.78, 5) is 18.1. The normalized spacial score (nSPS) is 17.7. The molecule has 1 aromatic heterocycles. The topological polar surface area (TPSA) is 71.8 Å². The molecule has 5 heteroatoms. The molecule has 1 unspecified atom stereocenters. The number of aromatic amines is 1. The number of hydrogen-bond donors (Lipinski definition) is 2. The van der Waals surface area contributed by atoms with Crippen molar-refractivity contribution in [1.29, 1.82) is 0 Å². The van der Waals surface area contributed by atoms with Gasteiger partial charge in [-0.15, -0.1) is 0 Å². The third kappa shape index (κ3) is 3.07. The number of nitrogens with one attached hydrogen (secondary N) is 1. The number of thioether (sulfide) groups is 1. The fourth-order valence-electron chi connectivity index (χ4n) is 1.46. The summed E-state index contributed by atoms with van der Waals surface area (Å²) in [6.45, 7) is 1.82. The third-order valence-electron chi connectivity index (χ3n) is 2.49. The van der Waals surface area contributed by atoms with Crippen molar-refractivity contribution in [1.82, 2.24) is 9.97 Å². The second kappa shape index (κ2) is 4.37. The molecule has 1 atom stereocenters. The first-order chi connectivity index (χ1) is 7.15. The van der Waals surface area contributed by atoms with E-state index < -0.39 is 0 Å². The van der Waals surface area contributed by atoms with Crippen molar-refractivity contribution >= 4 is 11.8 Å². The van der Waals surface area contributed by atoms with Gasteiger partial charge in [-0.1, -0.05) is 11.8 Å². The van der Waals surface area contributed by atoms with Crippen molar-refractivity contribution in [2.24, 2.45) is 11.7 Å². The minimum absolute atomic E-state index is 0.0926. The van der Waals surface area contributed by atoms with Crippen molar-refractivity contribution in [3.05, 3.63) is 22.1 Å². The van der Waals surface area contributed by atoms with E-state index in [2.05, 4.69) is 9.97 Å². The van der Waals surface area contributed by atoms with Gasteiger partial charge in [0.1, 0.15) is 0 Å². The average molecular weight is 225 g/mol. The number of hydrogen-bond acceptors (Lipinski definition) is 4. The minimum atomic E-state index is -0.0926. The monoisotopic (exact) mass is 225 g/mol. The predicted octanol–water partition coefficient (Wildman–Crippen LogP) is 0.908. The van der Waals surface area contributed by atoms with Crippen LogP contribution in [0.5, 0.6) is 0 Å². The Balaban J connectivity index is 1.94. The highest BCUT2D eigenvalue weighted by Crippen LogP contribution is 2.33.